The van der Waals surface area contributed by atoms with Crippen LogP contribution in [-0.2, 0) is 10.0 Å². The Morgan fingerprint density at radius 3 is 2.52 bits per heavy atom. The summed E-state index contributed by atoms with van der Waals surface area (Å²) in [4.78, 5) is 0. The topological polar surface area (TPSA) is 49.4 Å². The van der Waals surface area contributed by atoms with E-state index in [9.17, 15) is 12.8 Å². The quantitative estimate of drug-likeness (QED) is 0.920. The Balaban J connectivity index is 1.94. The van der Waals surface area contributed by atoms with Crippen LogP contribution in [0.25, 0.3) is 0 Å². The van der Waals surface area contributed by atoms with Gasteiger partial charge in [-0.05, 0) is 37.5 Å². The smallest absolute Gasteiger partial charge is 0.211 e. The number of hydrogen-bond acceptors (Lipinski definition) is 3. The maximum atomic E-state index is 13.1. The van der Waals surface area contributed by atoms with Gasteiger partial charge in [0, 0.05) is 30.2 Å². The Morgan fingerprint density at radius 2 is 2.00 bits per heavy atom. The minimum absolute atomic E-state index is 0.00659. The summed E-state index contributed by atoms with van der Waals surface area (Å²) in [5.41, 5.74) is 0.851. The lowest BCUT2D eigenvalue weighted by Crippen LogP contribution is -2.45. The van der Waals surface area contributed by atoms with Crippen LogP contribution in [0.2, 0.25) is 5.02 Å². The second kappa shape index (κ2) is 6.60. The summed E-state index contributed by atoms with van der Waals surface area (Å²) in [5, 5.41) is 3.85. The van der Waals surface area contributed by atoms with E-state index in [1.54, 1.807) is 6.07 Å². The summed E-state index contributed by atoms with van der Waals surface area (Å²) in [6.45, 7) is 3.03. The van der Waals surface area contributed by atoms with Gasteiger partial charge in [-0.1, -0.05) is 17.7 Å². The minimum Gasteiger partial charge on any atom is -0.307 e. The lowest BCUT2D eigenvalue weighted by Gasteiger charge is -2.32. The Labute approximate surface area is 130 Å². The predicted molar refractivity (Wildman–Crippen MR) is 82.4 cm³/mol. The van der Waals surface area contributed by atoms with Gasteiger partial charge in [0.05, 0.1) is 6.26 Å². The normalized spacial score (nSPS) is 19.6. The Morgan fingerprint density at radius 1 is 1.38 bits per heavy atom. The predicted octanol–water partition coefficient (Wildman–Crippen LogP) is 2.55. The van der Waals surface area contributed by atoms with Crippen molar-refractivity contribution in [2.24, 2.45) is 0 Å². The fraction of sp³-hybridized carbons (Fsp3) is 0.571. The van der Waals surface area contributed by atoms with E-state index in [0.717, 1.165) is 18.4 Å². The third-order valence-electron chi connectivity index (χ3n) is 3.84. The second-order valence-corrected chi connectivity index (χ2v) is 7.88. The molecule has 2 rings (SSSR count). The molecule has 21 heavy (non-hydrogen) atoms. The van der Waals surface area contributed by atoms with Crippen LogP contribution in [-0.4, -0.2) is 38.1 Å². The van der Waals surface area contributed by atoms with Gasteiger partial charge >= 0.3 is 0 Å². The molecule has 1 aromatic rings. The highest BCUT2D eigenvalue weighted by Gasteiger charge is 2.26. The standard InChI is InChI=1S/C14H20ClFN2O2S/c1-10(13-4-3-11(16)9-14(13)15)17-12-5-7-18(8-6-12)21(2,19)20/h3-4,9-10,12,17H,5-8H2,1-2H3. The highest BCUT2D eigenvalue weighted by atomic mass is 35.5. The first-order chi connectivity index (χ1) is 9.77. The number of benzene rings is 1. The Bertz CT molecular complexity index is 601. The molecule has 1 aliphatic heterocycles. The third kappa shape index (κ3) is 4.39. The molecule has 0 aromatic heterocycles. The lowest BCUT2D eigenvalue weighted by atomic mass is 10.0. The van der Waals surface area contributed by atoms with Gasteiger partial charge in [-0.2, -0.15) is 0 Å². The molecule has 7 heteroatoms. The minimum atomic E-state index is -3.10. The van der Waals surface area contributed by atoms with Crippen LogP contribution in [0.15, 0.2) is 18.2 Å². The van der Waals surface area contributed by atoms with Crippen molar-refractivity contribution in [3.63, 3.8) is 0 Å². The molecule has 1 aromatic carbocycles. The molecule has 1 N–H and O–H groups in total. The molecule has 1 aliphatic rings. The van der Waals surface area contributed by atoms with E-state index in [1.807, 2.05) is 6.92 Å². The number of piperidine rings is 1. The highest BCUT2D eigenvalue weighted by molar-refractivity contribution is 7.88. The average molecular weight is 335 g/mol. The number of rotatable bonds is 4. The van der Waals surface area contributed by atoms with Crippen LogP contribution < -0.4 is 5.32 Å². The molecule has 1 heterocycles. The highest BCUT2D eigenvalue weighted by Crippen LogP contribution is 2.25. The van der Waals surface area contributed by atoms with E-state index in [0.29, 0.717) is 18.1 Å². The van der Waals surface area contributed by atoms with E-state index < -0.39 is 10.0 Å². The van der Waals surface area contributed by atoms with Crippen LogP contribution in [0.1, 0.15) is 31.4 Å². The van der Waals surface area contributed by atoms with Gasteiger partial charge in [0.25, 0.3) is 0 Å². The molecular weight excluding hydrogens is 315 g/mol. The molecule has 4 nitrogen and oxygen atoms in total. The molecule has 1 saturated heterocycles. The first-order valence-electron chi connectivity index (χ1n) is 6.93. The van der Waals surface area contributed by atoms with E-state index in [-0.39, 0.29) is 17.9 Å². The van der Waals surface area contributed by atoms with Crippen molar-refractivity contribution >= 4 is 21.6 Å². The number of nitrogens with one attached hydrogen (secondary N) is 1. The fourth-order valence-corrected chi connectivity index (χ4v) is 3.86. The number of sulfonamides is 1. The van der Waals surface area contributed by atoms with Crippen LogP contribution in [0.5, 0.6) is 0 Å². The van der Waals surface area contributed by atoms with Crippen LogP contribution in [0.4, 0.5) is 4.39 Å². The molecule has 0 spiro atoms. The Kier molecular flexibility index (Phi) is 5.24. The Hall–Kier alpha value is -0.690. The summed E-state index contributed by atoms with van der Waals surface area (Å²) in [6, 6.07) is 4.61. The van der Waals surface area contributed by atoms with E-state index in [4.69, 9.17) is 11.6 Å². The first kappa shape index (κ1) is 16.7. The molecule has 0 amide bonds. The van der Waals surface area contributed by atoms with Crippen molar-refractivity contribution < 1.29 is 12.8 Å². The van der Waals surface area contributed by atoms with Gasteiger partial charge in [-0.15, -0.1) is 0 Å². The molecule has 1 fully saturated rings. The summed E-state index contributed by atoms with van der Waals surface area (Å²) >= 11 is 6.06. The summed E-state index contributed by atoms with van der Waals surface area (Å²) in [5.74, 6) is -0.350. The van der Waals surface area contributed by atoms with Gasteiger partial charge in [0.15, 0.2) is 0 Å². The number of hydrogen-bond donors (Lipinski definition) is 1. The van der Waals surface area contributed by atoms with Crippen LogP contribution in [0.3, 0.4) is 0 Å². The fourth-order valence-electron chi connectivity index (χ4n) is 2.65. The zero-order valence-electron chi connectivity index (χ0n) is 12.1. The van der Waals surface area contributed by atoms with Gasteiger partial charge in [0.1, 0.15) is 5.82 Å². The van der Waals surface area contributed by atoms with Crippen LogP contribution in [0, 0.1) is 5.82 Å². The molecule has 0 saturated carbocycles. The van der Waals surface area contributed by atoms with Crippen molar-refractivity contribution in [3.8, 4) is 0 Å². The van der Waals surface area contributed by atoms with Gasteiger partial charge in [-0.3, -0.25) is 0 Å². The summed E-state index contributed by atoms with van der Waals surface area (Å²) in [7, 11) is -3.10. The largest absolute Gasteiger partial charge is 0.307 e. The van der Waals surface area contributed by atoms with Crippen molar-refractivity contribution in [1.29, 1.82) is 0 Å². The SMILES string of the molecule is CC(NC1CCN(S(C)(=O)=O)CC1)c1ccc(F)cc1Cl. The van der Waals surface area contributed by atoms with Crippen molar-refractivity contribution in [1.82, 2.24) is 9.62 Å². The summed E-state index contributed by atoms with van der Waals surface area (Å²) < 4.78 is 37.5. The average Bonchev–Trinajstić information content (AvgIpc) is 2.38. The van der Waals surface area contributed by atoms with E-state index in [1.165, 1.54) is 22.7 Å². The maximum Gasteiger partial charge on any atom is 0.211 e. The van der Waals surface area contributed by atoms with Crippen molar-refractivity contribution in [2.45, 2.75) is 31.8 Å². The zero-order chi connectivity index (χ0) is 15.6. The molecule has 1 atom stereocenters. The number of halogens is 2. The molecule has 0 bridgehead atoms. The van der Waals surface area contributed by atoms with Gasteiger partial charge in [0.2, 0.25) is 10.0 Å². The molecule has 0 aliphatic carbocycles. The number of nitrogens with zero attached hydrogens (tertiary/aromatic N) is 1. The lowest BCUT2D eigenvalue weighted by molar-refractivity contribution is 0.278. The monoisotopic (exact) mass is 334 g/mol. The third-order valence-corrected chi connectivity index (χ3v) is 5.47. The maximum absolute atomic E-state index is 13.1. The van der Waals surface area contributed by atoms with E-state index in [2.05, 4.69) is 5.32 Å². The van der Waals surface area contributed by atoms with Crippen molar-refractivity contribution in [2.75, 3.05) is 19.3 Å². The van der Waals surface area contributed by atoms with Gasteiger partial charge in [-0.25, -0.2) is 17.1 Å². The summed E-state index contributed by atoms with van der Waals surface area (Å²) in [6.07, 6.45) is 2.76. The molecule has 1 unspecified atom stereocenters. The zero-order valence-corrected chi connectivity index (χ0v) is 13.7. The van der Waals surface area contributed by atoms with E-state index >= 15 is 0 Å². The van der Waals surface area contributed by atoms with Crippen LogP contribution >= 0.6 is 11.6 Å². The molecule has 118 valence electrons. The molecular formula is C14H20ClFN2O2S. The van der Waals surface area contributed by atoms with Crippen molar-refractivity contribution in [3.05, 3.63) is 34.6 Å². The second-order valence-electron chi connectivity index (χ2n) is 5.49. The molecule has 0 radical (unpaired) electrons. The van der Waals surface area contributed by atoms with Gasteiger partial charge < -0.3 is 5.32 Å². The first-order valence-corrected chi connectivity index (χ1v) is 9.16.